The highest BCUT2D eigenvalue weighted by Gasteiger charge is 2.21. The van der Waals surface area contributed by atoms with Crippen molar-refractivity contribution in [2.24, 2.45) is 0 Å². The number of hydrogen-bond acceptors (Lipinski definition) is 2. The zero-order valence-electron chi connectivity index (χ0n) is 39.3. The number of para-hydroxylation sites is 4. The van der Waals surface area contributed by atoms with Crippen LogP contribution < -0.4 is 9.80 Å². The van der Waals surface area contributed by atoms with Crippen molar-refractivity contribution in [3.8, 4) is 22.3 Å². The molecule has 0 amide bonds. The molecule has 13 rings (SSSR count). The van der Waals surface area contributed by atoms with Gasteiger partial charge in [-0.2, -0.15) is 0 Å². The van der Waals surface area contributed by atoms with Gasteiger partial charge >= 0.3 is 0 Å². The molecule has 0 aliphatic heterocycles. The predicted octanol–water partition coefficient (Wildman–Crippen LogP) is 18.5. The Bertz CT molecular complexity index is 3750. The van der Waals surface area contributed by atoms with E-state index in [-0.39, 0.29) is 0 Å². The average Bonchev–Trinajstić information content (AvgIpc) is 3.93. The third-order valence-corrected chi connectivity index (χ3v) is 14.4. The maximum absolute atomic E-state index is 2.42. The Morgan fingerprint density at radius 1 is 0.257 bits per heavy atom. The molecule has 334 valence electrons. The molecule has 70 heavy (non-hydrogen) atoms. The lowest BCUT2D eigenvalue weighted by Crippen LogP contribution is -2.09. The van der Waals surface area contributed by atoms with Crippen LogP contribution in [-0.2, 0) is 13.1 Å². The molecule has 4 heteroatoms. The van der Waals surface area contributed by atoms with Gasteiger partial charge in [0.05, 0.1) is 0 Å². The first-order valence-electron chi connectivity index (χ1n) is 24.5. The van der Waals surface area contributed by atoms with Crippen molar-refractivity contribution in [1.82, 2.24) is 9.13 Å². The van der Waals surface area contributed by atoms with E-state index >= 15 is 0 Å². The molecule has 0 unspecified atom stereocenters. The van der Waals surface area contributed by atoms with Crippen LogP contribution in [0.2, 0.25) is 0 Å². The summed E-state index contributed by atoms with van der Waals surface area (Å²) in [7, 11) is 0. The molecule has 0 aliphatic rings. The van der Waals surface area contributed by atoms with Gasteiger partial charge in [0.25, 0.3) is 0 Å². The van der Waals surface area contributed by atoms with E-state index in [1.807, 2.05) is 0 Å². The minimum atomic E-state index is 0.919. The summed E-state index contributed by atoms with van der Waals surface area (Å²) >= 11 is 0. The lowest BCUT2D eigenvalue weighted by atomic mass is 9.86. The molecular weight excluding hydrogens is 849 g/mol. The Balaban J connectivity index is 0.910. The molecule has 13 aromatic rings. The van der Waals surface area contributed by atoms with Crippen LogP contribution in [0.3, 0.4) is 0 Å². The second-order valence-electron chi connectivity index (χ2n) is 18.2. The summed E-state index contributed by atoms with van der Waals surface area (Å²) in [5, 5.41) is 10.0. The van der Waals surface area contributed by atoms with Gasteiger partial charge in [-0.1, -0.05) is 146 Å². The van der Waals surface area contributed by atoms with Gasteiger partial charge in [0.2, 0.25) is 0 Å². The molecule has 0 radical (unpaired) electrons. The third kappa shape index (κ3) is 6.67. The Labute approximate surface area is 408 Å². The number of nitrogens with zero attached hydrogens (tertiary/aromatic N) is 4. The topological polar surface area (TPSA) is 16.3 Å². The van der Waals surface area contributed by atoms with Gasteiger partial charge in [-0.25, -0.2) is 0 Å². The van der Waals surface area contributed by atoms with Crippen LogP contribution in [0.5, 0.6) is 0 Å². The normalized spacial score (nSPS) is 11.7. The first-order valence-corrected chi connectivity index (χ1v) is 24.5. The number of aromatic nitrogens is 2. The fourth-order valence-corrected chi connectivity index (χ4v) is 11.4. The highest BCUT2D eigenvalue weighted by Crippen LogP contribution is 2.46. The molecule has 0 aliphatic carbocycles. The predicted molar refractivity (Wildman–Crippen MR) is 299 cm³/mol. The minimum absolute atomic E-state index is 0.919. The Morgan fingerprint density at radius 3 is 0.900 bits per heavy atom. The van der Waals surface area contributed by atoms with E-state index < -0.39 is 0 Å². The average molecular weight is 899 g/mol. The van der Waals surface area contributed by atoms with Crippen LogP contribution in [-0.4, -0.2) is 9.13 Å². The number of benzene rings is 11. The van der Waals surface area contributed by atoms with Gasteiger partial charge in [0.15, 0.2) is 0 Å². The van der Waals surface area contributed by atoms with Gasteiger partial charge in [-0.15, -0.1) is 0 Å². The van der Waals surface area contributed by atoms with Gasteiger partial charge in [-0.3, -0.25) is 0 Å². The van der Waals surface area contributed by atoms with Crippen LogP contribution in [0.15, 0.2) is 243 Å². The van der Waals surface area contributed by atoms with E-state index in [9.17, 15) is 0 Å². The third-order valence-electron chi connectivity index (χ3n) is 14.4. The molecule has 0 saturated carbocycles. The molecule has 0 bridgehead atoms. The SMILES string of the molecule is CCn1c2ccccc2c2cc(N(c3ccccc3)c3ccc(-c4c5ccccc5c(-c5ccc(N(c6ccccc6)c6ccc7c(c6)c6ccccc6n7CC)cc5)c5ccccc45)cc3)ccc21. The van der Waals surface area contributed by atoms with Crippen molar-refractivity contribution in [3.63, 3.8) is 0 Å². The molecule has 2 aromatic heterocycles. The van der Waals surface area contributed by atoms with Crippen molar-refractivity contribution >= 4 is 99.3 Å². The summed E-state index contributed by atoms with van der Waals surface area (Å²) < 4.78 is 4.83. The second kappa shape index (κ2) is 17.0. The standard InChI is InChI=1S/C66H50N4/c1-3-67-61-29-17-15-23-53(61)59-43-51(39-41-63(59)67)69(47-19-7-5-8-20-47)49-35-31-45(32-36-49)65-55-25-11-13-27-57(55)66(58-28-14-12-26-56(58)65)46-33-37-50(38-34-46)70(48-21-9-6-10-22-48)52-40-42-64-60(44-52)54-24-16-18-30-62(54)68(64)4-2/h5-44H,3-4H2,1-2H3. The highest BCUT2D eigenvalue weighted by atomic mass is 15.1. The number of fused-ring (bicyclic) bond motifs is 8. The molecule has 0 spiro atoms. The second-order valence-corrected chi connectivity index (χ2v) is 18.2. The van der Waals surface area contributed by atoms with E-state index in [4.69, 9.17) is 0 Å². The molecule has 0 fully saturated rings. The van der Waals surface area contributed by atoms with Crippen LogP contribution >= 0.6 is 0 Å². The van der Waals surface area contributed by atoms with Gasteiger partial charge in [0.1, 0.15) is 0 Å². The van der Waals surface area contributed by atoms with Crippen LogP contribution in [0, 0.1) is 0 Å². The maximum atomic E-state index is 2.42. The van der Waals surface area contributed by atoms with Crippen LogP contribution in [0.4, 0.5) is 34.1 Å². The number of rotatable bonds is 10. The minimum Gasteiger partial charge on any atom is -0.341 e. The molecule has 0 saturated heterocycles. The fraction of sp³-hybridized carbons (Fsp3) is 0.0606. The zero-order chi connectivity index (χ0) is 46.7. The Kier molecular flexibility index (Phi) is 10.1. The van der Waals surface area contributed by atoms with Gasteiger partial charge in [-0.05, 0) is 155 Å². The summed E-state index contributed by atoms with van der Waals surface area (Å²) in [4.78, 5) is 4.76. The summed E-state index contributed by atoms with van der Waals surface area (Å²) in [6, 6.07) is 89.1. The quantitative estimate of drug-likeness (QED) is 0.127. The van der Waals surface area contributed by atoms with Crippen molar-refractivity contribution in [1.29, 1.82) is 0 Å². The highest BCUT2D eigenvalue weighted by molar-refractivity contribution is 6.21. The molecule has 0 N–H and O–H groups in total. The first kappa shape index (κ1) is 41.3. The summed E-state index contributed by atoms with van der Waals surface area (Å²) in [6.07, 6.45) is 0. The summed E-state index contributed by atoms with van der Waals surface area (Å²) in [5.41, 5.74) is 16.6. The lowest BCUT2D eigenvalue weighted by Gasteiger charge is -2.26. The maximum Gasteiger partial charge on any atom is 0.0492 e. The van der Waals surface area contributed by atoms with Crippen LogP contribution in [0.25, 0.3) is 87.4 Å². The van der Waals surface area contributed by atoms with Crippen molar-refractivity contribution in [3.05, 3.63) is 243 Å². The monoisotopic (exact) mass is 898 g/mol. The zero-order valence-corrected chi connectivity index (χ0v) is 39.3. The van der Waals surface area contributed by atoms with E-state index in [0.717, 1.165) is 47.2 Å². The van der Waals surface area contributed by atoms with E-state index in [1.165, 1.54) is 87.4 Å². The van der Waals surface area contributed by atoms with Crippen molar-refractivity contribution in [2.75, 3.05) is 9.80 Å². The Morgan fingerprint density at radius 2 is 0.543 bits per heavy atom. The van der Waals surface area contributed by atoms with Crippen molar-refractivity contribution in [2.45, 2.75) is 26.9 Å². The van der Waals surface area contributed by atoms with Gasteiger partial charge < -0.3 is 18.9 Å². The van der Waals surface area contributed by atoms with E-state index in [0.29, 0.717) is 0 Å². The molecular formula is C66H50N4. The summed E-state index contributed by atoms with van der Waals surface area (Å²) in [5.74, 6) is 0. The Hall–Kier alpha value is -8.86. The molecule has 11 aromatic carbocycles. The van der Waals surface area contributed by atoms with Crippen LogP contribution in [0.1, 0.15) is 13.8 Å². The van der Waals surface area contributed by atoms with E-state index in [2.05, 4.69) is 275 Å². The molecule has 2 heterocycles. The van der Waals surface area contributed by atoms with E-state index in [1.54, 1.807) is 0 Å². The molecule has 4 nitrogen and oxygen atoms in total. The van der Waals surface area contributed by atoms with Gasteiger partial charge in [0, 0.05) is 90.8 Å². The number of anilines is 6. The largest absolute Gasteiger partial charge is 0.341 e. The number of aryl methyl sites for hydroxylation is 2. The first-order chi connectivity index (χ1) is 34.7. The fourth-order valence-electron chi connectivity index (χ4n) is 11.4. The van der Waals surface area contributed by atoms with Crippen molar-refractivity contribution < 1.29 is 0 Å². The molecule has 0 atom stereocenters. The number of hydrogen-bond donors (Lipinski definition) is 0. The summed E-state index contributed by atoms with van der Waals surface area (Å²) in [6.45, 7) is 6.29. The lowest BCUT2D eigenvalue weighted by molar-refractivity contribution is 0.827. The smallest absolute Gasteiger partial charge is 0.0492 e.